The van der Waals surface area contributed by atoms with Crippen LogP contribution in [0.5, 0.6) is 5.75 Å². The Morgan fingerprint density at radius 1 is 1.18 bits per heavy atom. The summed E-state index contributed by atoms with van der Waals surface area (Å²) < 4.78 is 0. The van der Waals surface area contributed by atoms with Crippen molar-refractivity contribution in [1.29, 1.82) is 0 Å². The van der Waals surface area contributed by atoms with Gasteiger partial charge in [-0.1, -0.05) is 34.6 Å². The number of hydrogen-bond acceptors (Lipinski definition) is 2. The van der Waals surface area contributed by atoms with Crippen LogP contribution in [0.25, 0.3) is 0 Å². The lowest BCUT2D eigenvalue weighted by Crippen LogP contribution is -2.30. The fourth-order valence-electron chi connectivity index (χ4n) is 2.71. The molecule has 1 rings (SSSR count). The summed E-state index contributed by atoms with van der Waals surface area (Å²) in [5.74, 6) is 0.649. The molecular weight excluding hydrogens is 274 g/mol. The predicted molar refractivity (Wildman–Crippen MR) is 93.3 cm³/mol. The molecule has 1 atom stereocenters. The average Bonchev–Trinajstić information content (AvgIpc) is 2.38. The quantitative estimate of drug-likeness (QED) is 0.772. The Morgan fingerprint density at radius 2 is 1.73 bits per heavy atom. The van der Waals surface area contributed by atoms with Crippen molar-refractivity contribution < 1.29 is 9.90 Å². The zero-order valence-corrected chi connectivity index (χ0v) is 15.3. The number of carbonyl (C=O) groups excluding carboxylic acids is 1. The van der Waals surface area contributed by atoms with Gasteiger partial charge in [0.05, 0.1) is 0 Å². The molecule has 1 aromatic rings. The topological polar surface area (TPSA) is 49.3 Å². The first-order valence-electron chi connectivity index (χ1n) is 8.04. The summed E-state index contributed by atoms with van der Waals surface area (Å²) >= 11 is 0. The lowest BCUT2D eigenvalue weighted by molar-refractivity contribution is -0.122. The predicted octanol–water partition coefficient (Wildman–Crippen LogP) is 4.96. The molecular formula is C19H31NO2. The highest BCUT2D eigenvalue weighted by molar-refractivity contribution is 5.94. The third kappa shape index (κ3) is 4.49. The van der Waals surface area contributed by atoms with Crippen LogP contribution in [0.2, 0.25) is 0 Å². The standard InChI is InChI=1S/C19H31NO2/c1-11(2)15(10-19(6,7)8)18(22)20-16-9-12(3)17(21)14(5)13(16)4/h9,11,15,21H,10H2,1-8H3,(H,20,22). The second-order valence-corrected chi connectivity index (χ2v) is 7.94. The Hall–Kier alpha value is -1.51. The summed E-state index contributed by atoms with van der Waals surface area (Å²) in [6, 6.07) is 1.85. The van der Waals surface area contributed by atoms with Crippen molar-refractivity contribution in [2.45, 2.75) is 61.8 Å². The molecule has 0 saturated heterocycles. The molecule has 0 bridgehead atoms. The first kappa shape index (κ1) is 18.5. The molecule has 1 amide bonds. The number of phenols is 1. The first-order valence-corrected chi connectivity index (χ1v) is 8.04. The largest absolute Gasteiger partial charge is 0.507 e. The number of aromatic hydroxyl groups is 1. The van der Waals surface area contributed by atoms with Crippen LogP contribution in [-0.4, -0.2) is 11.0 Å². The molecule has 0 fully saturated rings. The van der Waals surface area contributed by atoms with Crippen molar-refractivity contribution in [3.8, 4) is 5.75 Å². The van der Waals surface area contributed by atoms with Crippen molar-refractivity contribution >= 4 is 11.6 Å². The molecule has 2 N–H and O–H groups in total. The van der Waals surface area contributed by atoms with Crippen LogP contribution in [0.15, 0.2) is 6.07 Å². The third-order valence-electron chi connectivity index (χ3n) is 4.29. The minimum Gasteiger partial charge on any atom is -0.507 e. The van der Waals surface area contributed by atoms with Gasteiger partial charge in [0.2, 0.25) is 5.91 Å². The average molecular weight is 305 g/mol. The molecule has 0 heterocycles. The maximum absolute atomic E-state index is 12.7. The number of anilines is 1. The van der Waals surface area contributed by atoms with Crippen LogP contribution in [0.3, 0.4) is 0 Å². The molecule has 0 radical (unpaired) electrons. The molecule has 124 valence electrons. The minimum absolute atomic E-state index is 0.0196. The van der Waals surface area contributed by atoms with Gasteiger partial charge >= 0.3 is 0 Å². The van der Waals surface area contributed by atoms with Crippen molar-refractivity contribution in [2.75, 3.05) is 5.32 Å². The highest BCUT2D eigenvalue weighted by Gasteiger charge is 2.28. The molecule has 0 saturated carbocycles. The number of rotatable bonds is 4. The van der Waals surface area contributed by atoms with Crippen LogP contribution in [0, 0.1) is 38.0 Å². The second-order valence-electron chi connectivity index (χ2n) is 7.94. The zero-order chi connectivity index (χ0) is 17.2. The van der Waals surface area contributed by atoms with Crippen LogP contribution >= 0.6 is 0 Å². The molecule has 1 aromatic carbocycles. The zero-order valence-electron chi connectivity index (χ0n) is 15.3. The van der Waals surface area contributed by atoms with Crippen molar-refractivity contribution in [3.05, 3.63) is 22.8 Å². The van der Waals surface area contributed by atoms with E-state index in [2.05, 4.69) is 39.9 Å². The monoisotopic (exact) mass is 305 g/mol. The smallest absolute Gasteiger partial charge is 0.227 e. The van der Waals surface area contributed by atoms with Crippen molar-refractivity contribution in [2.24, 2.45) is 17.3 Å². The number of carbonyl (C=O) groups is 1. The summed E-state index contributed by atoms with van der Waals surface area (Å²) in [7, 11) is 0. The Labute approximate surface area is 135 Å². The van der Waals surface area contributed by atoms with Gasteiger partial charge < -0.3 is 10.4 Å². The van der Waals surface area contributed by atoms with Crippen LogP contribution in [0.1, 0.15) is 57.7 Å². The first-order chi connectivity index (χ1) is 9.94. The molecule has 0 aromatic heterocycles. The third-order valence-corrected chi connectivity index (χ3v) is 4.29. The van der Waals surface area contributed by atoms with E-state index in [9.17, 15) is 9.90 Å². The highest BCUT2D eigenvalue weighted by atomic mass is 16.3. The van der Waals surface area contributed by atoms with Gasteiger partial charge in [0, 0.05) is 11.6 Å². The molecule has 22 heavy (non-hydrogen) atoms. The van der Waals surface area contributed by atoms with E-state index in [0.717, 1.165) is 28.8 Å². The maximum atomic E-state index is 12.7. The molecule has 0 spiro atoms. The van der Waals surface area contributed by atoms with E-state index in [1.807, 2.05) is 26.8 Å². The Kier molecular flexibility index (Phi) is 5.66. The van der Waals surface area contributed by atoms with Gasteiger partial charge in [-0.3, -0.25) is 4.79 Å². The molecule has 0 aliphatic heterocycles. The molecule has 3 heteroatoms. The van der Waals surface area contributed by atoms with E-state index >= 15 is 0 Å². The molecule has 0 aliphatic rings. The Morgan fingerprint density at radius 3 is 2.18 bits per heavy atom. The van der Waals surface area contributed by atoms with Crippen molar-refractivity contribution in [1.82, 2.24) is 0 Å². The maximum Gasteiger partial charge on any atom is 0.227 e. The minimum atomic E-state index is -0.0196. The van der Waals surface area contributed by atoms with Gasteiger partial charge in [0.25, 0.3) is 0 Å². The Balaban J connectivity index is 3.05. The summed E-state index contributed by atoms with van der Waals surface area (Å²) in [4.78, 5) is 12.7. The van der Waals surface area contributed by atoms with E-state index in [1.165, 1.54) is 0 Å². The fraction of sp³-hybridized carbons (Fsp3) is 0.632. The number of aryl methyl sites for hydroxylation is 1. The number of phenolic OH excluding ortho intramolecular Hbond substituents is 1. The number of amides is 1. The van der Waals surface area contributed by atoms with Gasteiger partial charge in [0.1, 0.15) is 5.75 Å². The summed E-state index contributed by atoms with van der Waals surface area (Å²) in [5, 5.41) is 13.1. The normalized spacial score (nSPS) is 13.3. The van der Waals surface area contributed by atoms with E-state index < -0.39 is 0 Å². The van der Waals surface area contributed by atoms with E-state index in [-0.39, 0.29) is 17.2 Å². The van der Waals surface area contributed by atoms with Crippen LogP contribution in [-0.2, 0) is 4.79 Å². The molecule has 0 aliphatic carbocycles. The van der Waals surface area contributed by atoms with E-state index in [4.69, 9.17) is 0 Å². The van der Waals surface area contributed by atoms with Gasteiger partial charge in [-0.15, -0.1) is 0 Å². The van der Waals surface area contributed by atoms with Gasteiger partial charge in [-0.25, -0.2) is 0 Å². The van der Waals surface area contributed by atoms with E-state index in [0.29, 0.717) is 11.7 Å². The Bertz CT molecular complexity index is 554. The lowest BCUT2D eigenvalue weighted by atomic mass is 9.79. The van der Waals surface area contributed by atoms with Gasteiger partial charge in [-0.2, -0.15) is 0 Å². The van der Waals surface area contributed by atoms with Crippen LogP contribution < -0.4 is 5.32 Å². The fourth-order valence-corrected chi connectivity index (χ4v) is 2.71. The summed E-state index contributed by atoms with van der Waals surface area (Å²) in [5.41, 5.74) is 3.46. The second kappa shape index (κ2) is 6.72. The SMILES string of the molecule is Cc1cc(NC(=O)C(CC(C)(C)C)C(C)C)c(C)c(C)c1O. The highest BCUT2D eigenvalue weighted by Crippen LogP contribution is 2.33. The number of benzene rings is 1. The van der Waals surface area contributed by atoms with Gasteiger partial charge in [-0.05, 0) is 61.3 Å². The molecule has 3 nitrogen and oxygen atoms in total. The summed E-state index contributed by atoms with van der Waals surface area (Å²) in [6.07, 6.45) is 0.853. The van der Waals surface area contributed by atoms with Crippen LogP contribution in [0.4, 0.5) is 5.69 Å². The van der Waals surface area contributed by atoms with Gasteiger partial charge in [0.15, 0.2) is 0 Å². The lowest BCUT2D eigenvalue weighted by Gasteiger charge is -2.28. The molecule has 1 unspecified atom stereocenters. The number of nitrogens with one attached hydrogen (secondary N) is 1. The van der Waals surface area contributed by atoms with Crippen molar-refractivity contribution in [3.63, 3.8) is 0 Å². The number of hydrogen-bond donors (Lipinski definition) is 2. The van der Waals surface area contributed by atoms with E-state index in [1.54, 1.807) is 0 Å². The summed E-state index contributed by atoms with van der Waals surface area (Å²) in [6.45, 7) is 16.3.